The molecule has 3 atom stereocenters. The van der Waals surface area contributed by atoms with Crippen molar-refractivity contribution in [1.82, 2.24) is 0 Å². The zero-order valence-electron chi connectivity index (χ0n) is 11.1. The molecule has 1 spiro atoms. The molecule has 0 aliphatic carbocycles. The van der Waals surface area contributed by atoms with Gasteiger partial charge in [0.25, 0.3) is 0 Å². The molecule has 1 aromatic carbocycles. The number of aliphatic hydroxyl groups excluding tert-OH is 1. The quantitative estimate of drug-likeness (QED) is 0.899. The van der Waals surface area contributed by atoms with Gasteiger partial charge >= 0.3 is 0 Å². The monoisotopic (exact) mass is 316 g/mol. The lowest BCUT2D eigenvalue weighted by Crippen LogP contribution is -2.41. The van der Waals surface area contributed by atoms with Crippen molar-refractivity contribution in [3.63, 3.8) is 0 Å². The van der Waals surface area contributed by atoms with Crippen molar-refractivity contribution >= 4 is 23.4 Å². The molecule has 2 heterocycles. The van der Waals surface area contributed by atoms with E-state index in [-0.39, 0.29) is 17.3 Å². The molecular formula is C15H18ClFO2S. The van der Waals surface area contributed by atoms with Gasteiger partial charge < -0.3 is 9.84 Å². The van der Waals surface area contributed by atoms with E-state index in [2.05, 4.69) is 0 Å². The highest BCUT2D eigenvalue weighted by Crippen LogP contribution is 2.44. The third-order valence-corrected chi connectivity index (χ3v) is 5.78. The molecule has 1 aromatic rings. The number of benzene rings is 1. The average Bonchev–Trinajstić information content (AvgIpc) is 2.88. The largest absolute Gasteiger partial charge is 0.388 e. The van der Waals surface area contributed by atoms with Crippen molar-refractivity contribution in [2.24, 2.45) is 5.92 Å². The Morgan fingerprint density at radius 2 is 2.35 bits per heavy atom. The Morgan fingerprint density at radius 3 is 3.10 bits per heavy atom. The van der Waals surface area contributed by atoms with Gasteiger partial charge in [0.2, 0.25) is 0 Å². The fourth-order valence-corrected chi connectivity index (χ4v) is 4.75. The van der Waals surface area contributed by atoms with Gasteiger partial charge in [0.1, 0.15) is 5.82 Å². The number of thioether (sulfide) groups is 1. The molecule has 2 nitrogen and oxygen atoms in total. The normalized spacial score (nSPS) is 31.6. The van der Waals surface area contributed by atoms with Gasteiger partial charge in [-0.1, -0.05) is 11.6 Å². The van der Waals surface area contributed by atoms with Crippen LogP contribution in [-0.2, 0) is 4.74 Å². The van der Waals surface area contributed by atoms with Crippen molar-refractivity contribution < 1.29 is 14.2 Å². The predicted molar refractivity (Wildman–Crippen MR) is 79.7 cm³/mol. The van der Waals surface area contributed by atoms with E-state index < -0.39 is 6.10 Å². The maximum Gasteiger partial charge on any atom is 0.129 e. The minimum Gasteiger partial charge on any atom is -0.388 e. The van der Waals surface area contributed by atoms with Crippen LogP contribution in [0.25, 0.3) is 0 Å². The second-order valence-electron chi connectivity index (χ2n) is 5.70. The van der Waals surface area contributed by atoms with Crippen LogP contribution >= 0.6 is 23.4 Å². The Kier molecular flexibility index (Phi) is 4.27. The second kappa shape index (κ2) is 5.84. The summed E-state index contributed by atoms with van der Waals surface area (Å²) in [6.45, 7) is 0.643. The van der Waals surface area contributed by atoms with Gasteiger partial charge in [-0.2, -0.15) is 11.8 Å². The minimum atomic E-state index is -0.805. The number of hydrogen-bond acceptors (Lipinski definition) is 3. The molecule has 3 unspecified atom stereocenters. The van der Waals surface area contributed by atoms with Crippen molar-refractivity contribution in [2.45, 2.75) is 31.0 Å². The summed E-state index contributed by atoms with van der Waals surface area (Å²) in [6, 6.07) is 4.36. The fourth-order valence-electron chi connectivity index (χ4n) is 3.19. The number of ether oxygens (including phenoxy) is 1. The smallest absolute Gasteiger partial charge is 0.129 e. The lowest BCUT2D eigenvalue weighted by atomic mass is 9.80. The standard InChI is InChI=1S/C15H18ClFO2S/c16-11-1-2-13(17)12(7-11)14(18)10-3-5-19-15(8-10)4-6-20-9-15/h1-2,7,10,14,18H,3-6,8-9H2. The summed E-state index contributed by atoms with van der Waals surface area (Å²) in [6.07, 6.45) is 1.78. The highest BCUT2D eigenvalue weighted by Gasteiger charge is 2.42. The van der Waals surface area contributed by atoms with Crippen molar-refractivity contribution in [2.75, 3.05) is 18.1 Å². The van der Waals surface area contributed by atoms with E-state index in [1.807, 2.05) is 11.8 Å². The van der Waals surface area contributed by atoms with Crippen LogP contribution in [0.2, 0.25) is 5.02 Å². The average molecular weight is 317 g/mol. The molecule has 2 aliphatic rings. The molecule has 3 rings (SSSR count). The van der Waals surface area contributed by atoms with Crippen LogP contribution < -0.4 is 0 Å². The molecular weight excluding hydrogens is 299 g/mol. The van der Waals surface area contributed by atoms with E-state index in [1.165, 1.54) is 18.2 Å². The van der Waals surface area contributed by atoms with Crippen molar-refractivity contribution in [3.8, 4) is 0 Å². The van der Waals surface area contributed by atoms with Crippen LogP contribution in [-0.4, -0.2) is 28.8 Å². The predicted octanol–water partition coefficient (Wildman–Crippen LogP) is 3.81. The molecule has 0 amide bonds. The van der Waals surface area contributed by atoms with Crippen LogP contribution in [0.4, 0.5) is 4.39 Å². The first-order valence-electron chi connectivity index (χ1n) is 6.94. The number of hydrogen-bond donors (Lipinski definition) is 1. The van der Waals surface area contributed by atoms with Gasteiger partial charge in [0.15, 0.2) is 0 Å². The Bertz CT molecular complexity index is 491. The summed E-state index contributed by atoms with van der Waals surface area (Å²) in [5, 5.41) is 11.0. The third-order valence-electron chi connectivity index (χ3n) is 4.32. The minimum absolute atomic E-state index is 0.0374. The lowest BCUT2D eigenvalue weighted by Gasteiger charge is -2.39. The Labute approximate surface area is 127 Å². The van der Waals surface area contributed by atoms with E-state index in [4.69, 9.17) is 16.3 Å². The Balaban J connectivity index is 1.79. The van der Waals surface area contributed by atoms with Gasteiger partial charge in [0.05, 0.1) is 11.7 Å². The molecule has 0 bridgehead atoms. The summed E-state index contributed by atoms with van der Waals surface area (Å²) in [7, 11) is 0. The SMILES string of the molecule is OC(c1cc(Cl)ccc1F)C1CCOC2(CCSC2)C1. The van der Waals surface area contributed by atoms with Gasteiger partial charge in [-0.15, -0.1) is 0 Å². The number of halogens is 2. The first-order chi connectivity index (χ1) is 9.60. The molecule has 0 saturated carbocycles. The van der Waals surface area contributed by atoms with E-state index in [0.717, 1.165) is 30.8 Å². The number of aliphatic hydroxyl groups is 1. The summed E-state index contributed by atoms with van der Waals surface area (Å²) < 4.78 is 19.8. The maximum atomic E-state index is 13.9. The molecule has 0 radical (unpaired) electrons. The van der Waals surface area contributed by atoms with E-state index in [9.17, 15) is 9.50 Å². The molecule has 1 N–H and O–H groups in total. The molecule has 0 aromatic heterocycles. The van der Waals surface area contributed by atoms with Crippen LogP contribution in [0.1, 0.15) is 30.9 Å². The van der Waals surface area contributed by atoms with Gasteiger partial charge in [0, 0.05) is 22.9 Å². The topological polar surface area (TPSA) is 29.5 Å². The summed E-state index contributed by atoms with van der Waals surface area (Å²) in [5.74, 6) is 1.74. The molecule has 2 fully saturated rings. The molecule has 110 valence electrons. The summed E-state index contributed by atoms with van der Waals surface area (Å²) >= 11 is 7.81. The number of rotatable bonds is 2. The second-order valence-corrected chi connectivity index (χ2v) is 7.24. The fraction of sp³-hybridized carbons (Fsp3) is 0.600. The molecule has 2 saturated heterocycles. The van der Waals surface area contributed by atoms with Gasteiger partial charge in [-0.05, 0) is 49.1 Å². The van der Waals surface area contributed by atoms with Gasteiger partial charge in [-0.25, -0.2) is 4.39 Å². The molecule has 20 heavy (non-hydrogen) atoms. The zero-order valence-corrected chi connectivity index (χ0v) is 12.7. The summed E-state index contributed by atoms with van der Waals surface area (Å²) in [4.78, 5) is 0. The molecule has 5 heteroatoms. The summed E-state index contributed by atoms with van der Waals surface area (Å²) in [5.41, 5.74) is 0.203. The first kappa shape index (κ1) is 14.6. The van der Waals surface area contributed by atoms with Crippen LogP contribution in [0, 0.1) is 11.7 Å². The van der Waals surface area contributed by atoms with Crippen LogP contribution in [0.15, 0.2) is 18.2 Å². The Morgan fingerprint density at radius 1 is 1.50 bits per heavy atom. The van der Waals surface area contributed by atoms with E-state index >= 15 is 0 Å². The third kappa shape index (κ3) is 2.84. The van der Waals surface area contributed by atoms with Crippen LogP contribution in [0.3, 0.4) is 0 Å². The van der Waals surface area contributed by atoms with Gasteiger partial charge in [-0.3, -0.25) is 0 Å². The first-order valence-corrected chi connectivity index (χ1v) is 8.48. The lowest BCUT2D eigenvalue weighted by molar-refractivity contribution is -0.102. The van der Waals surface area contributed by atoms with Crippen molar-refractivity contribution in [1.29, 1.82) is 0 Å². The van der Waals surface area contributed by atoms with E-state index in [0.29, 0.717) is 17.2 Å². The zero-order chi connectivity index (χ0) is 14.2. The van der Waals surface area contributed by atoms with E-state index in [1.54, 1.807) is 0 Å². The highest BCUT2D eigenvalue weighted by molar-refractivity contribution is 7.99. The highest BCUT2D eigenvalue weighted by atomic mass is 35.5. The Hall–Kier alpha value is -0.290. The van der Waals surface area contributed by atoms with Crippen molar-refractivity contribution in [3.05, 3.63) is 34.6 Å². The maximum absolute atomic E-state index is 13.9. The molecule has 2 aliphatic heterocycles. The van der Waals surface area contributed by atoms with Crippen LogP contribution in [0.5, 0.6) is 0 Å².